The van der Waals surface area contributed by atoms with Crippen LogP contribution in [0.15, 0.2) is 41.5 Å². The minimum Gasteiger partial charge on any atom is -0.481 e. The number of fused-ring (bicyclic) bond motifs is 1. The maximum atomic E-state index is 12.9. The molecule has 0 spiro atoms. The number of nitrogens with two attached hydrogens (primary N) is 1. The van der Waals surface area contributed by atoms with Gasteiger partial charge in [0, 0.05) is 30.6 Å². The first kappa shape index (κ1) is 41.3. The Kier molecular flexibility index (Phi) is 14.5. The number of carboxylic acid groups (broad SMARTS) is 1. The Bertz CT molecular complexity index is 1940. The van der Waals surface area contributed by atoms with Crippen LogP contribution in [0.25, 0.3) is 11.2 Å². The van der Waals surface area contributed by atoms with Gasteiger partial charge in [-0.2, -0.15) is 4.98 Å². The maximum absolute atomic E-state index is 12.9. The van der Waals surface area contributed by atoms with E-state index in [1.54, 1.807) is 30.5 Å². The number of aliphatic carboxylic acids is 1. The largest absolute Gasteiger partial charge is 0.531 e. The summed E-state index contributed by atoms with van der Waals surface area (Å²) in [5.41, 5.74) is 7.07. The molecule has 0 aliphatic rings. The van der Waals surface area contributed by atoms with Gasteiger partial charge in [-0.25, -0.2) is 14.6 Å². The summed E-state index contributed by atoms with van der Waals surface area (Å²) in [6.45, 7) is -3.06. The zero-order valence-electron chi connectivity index (χ0n) is 29.8. The number of aromatic nitrogens is 7. The van der Waals surface area contributed by atoms with Gasteiger partial charge in [-0.3, -0.25) is 24.2 Å². The highest BCUT2D eigenvalue weighted by Gasteiger charge is 2.34. The normalized spacial score (nSPS) is 12.5. The van der Waals surface area contributed by atoms with Crippen LogP contribution in [0.2, 0.25) is 0 Å². The average molecular weight is 762 g/mol. The molecule has 1 aromatic carbocycles. The molecule has 0 saturated carbocycles. The van der Waals surface area contributed by atoms with Crippen molar-refractivity contribution in [2.24, 2.45) is 5.92 Å². The topological polar surface area (TPSA) is 242 Å². The number of hydrogen-bond acceptors (Lipinski definition) is 13. The van der Waals surface area contributed by atoms with Crippen LogP contribution >= 0.6 is 0 Å². The smallest absolute Gasteiger partial charge is 0.481 e. The summed E-state index contributed by atoms with van der Waals surface area (Å²) in [4.78, 5) is 63.7. The summed E-state index contributed by atoms with van der Waals surface area (Å²) in [5.74, 6) is -3.06. The highest BCUT2D eigenvalue weighted by atomic mass is 19.4. The number of anilines is 2. The van der Waals surface area contributed by atoms with Gasteiger partial charge in [0.2, 0.25) is 11.9 Å². The fraction of sp³-hybridized carbons (Fsp3) is 0.469. The molecule has 0 radical (unpaired) electrons. The summed E-state index contributed by atoms with van der Waals surface area (Å²) in [7, 11) is 2.97. The Hall–Kier alpha value is -5.48. The Morgan fingerprint density at radius 1 is 1.06 bits per heavy atom. The molecule has 0 fully saturated rings. The molecule has 0 bridgehead atoms. The summed E-state index contributed by atoms with van der Waals surface area (Å²) in [6, 6.07) is 6.43. The third-order valence-electron chi connectivity index (χ3n) is 7.95. The maximum Gasteiger partial charge on any atom is 0.531 e. The lowest BCUT2D eigenvalue weighted by molar-refractivity contribution is -0.895. The van der Waals surface area contributed by atoms with Crippen molar-refractivity contribution >= 4 is 47.4 Å². The standard InChI is InChI=1S/C32H43BF3N11O7/c1-47(2,20-33(34,35)36)19-25-18-46(45-44-25)10-12-54-14-13-53-11-9-38-27(49)8-5-22(31(51)52)15-26(48)21-3-6-23(7-4-21)39-16-24-17-40-29-28(41-24)30(50)43-32(37)42-29/h3-4,6-7,17-18,22,39H,5,8-16,19-20H2,1-2H3,(H,38,49)(H,51,52)(H3,37,40,42,43,50). The van der Waals surface area contributed by atoms with Crippen LogP contribution in [0.4, 0.5) is 24.6 Å². The monoisotopic (exact) mass is 761 g/mol. The first-order chi connectivity index (χ1) is 25.6. The van der Waals surface area contributed by atoms with Crippen molar-refractivity contribution in [2.75, 3.05) is 64.6 Å². The number of nitrogens with zero attached hydrogens (tertiary/aromatic N) is 7. The van der Waals surface area contributed by atoms with Gasteiger partial charge in [0.25, 0.3) is 5.56 Å². The number of H-pyrrole nitrogens is 1. The second-order valence-corrected chi connectivity index (χ2v) is 13.2. The molecule has 4 rings (SSSR count). The molecule has 3 aromatic heterocycles. The Morgan fingerprint density at radius 3 is 2.48 bits per heavy atom. The van der Waals surface area contributed by atoms with Gasteiger partial charge in [-0.15, -0.1) is 5.10 Å². The van der Waals surface area contributed by atoms with E-state index >= 15 is 0 Å². The Morgan fingerprint density at radius 2 is 1.78 bits per heavy atom. The molecule has 1 amide bonds. The summed E-state index contributed by atoms with van der Waals surface area (Å²) >= 11 is 0. The molecule has 1 atom stereocenters. The van der Waals surface area contributed by atoms with Crippen LogP contribution in [0.5, 0.6) is 0 Å². The number of Topliss-reactive ketones (excluding diaryl/α,β-unsaturated/α-hetero) is 1. The number of aromatic amines is 1. The van der Waals surface area contributed by atoms with E-state index in [4.69, 9.17) is 15.2 Å². The van der Waals surface area contributed by atoms with Crippen molar-refractivity contribution in [1.82, 2.24) is 40.2 Å². The van der Waals surface area contributed by atoms with E-state index in [1.807, 2.05) is 0 Å². The molecule has 4 aromatic rings. The lowest BCUT2D eigenvalue weighted by Gasteiger charge is -2.33. The van der Waals surface area contributed by atoms with Crippen LogP contribution in [-0.2, 0) is 38.7 Å². The van der Waals surface area contributed by atoms with Gasteiger partial charge in [-0.05, 0) is 30.7 Å². The van der Waals surface area contributed by atoms with E-state index in [-0.39, 0.29) is 98.6 Å². The number of carbonyl (C=O) groups excluding carboxylic acids is 2. The summed E-state index contributed by atoms with van der Waals surface area (Å²) in [5, 5.41) is 23.3. The molecule has 1 unspecified atom stereocenters. The van der Waals surface area contributed by atoms with E-state index < -0.39 is 30.9 Å². The molecular weight excluding hydrogens is 718 g/mol. The molecule has 0 saturated heterocycles. The van der Waals surface area contributed by atoms with E-state index in [2.05, 4.69) is 40.9 Å². The number of nitrogen functional groups attached to an aromatic ring is 1. The fourth-order valence-electron chi connectivity index (χ4n) is 5.40. The first-order valence-corrected chi connectivity index (χ1v) is 17.0. The molecular formula is C32H43BF3N11O7. The number of ketones is 1. The van der Waals surface area contributed by atoms with Crippen molar-refractivity contribution in [2.45, 2.75) is 38.9 Å². The number of quaternary nitrogens is 1. The van der Waals surface area contributed by atoms with E-state index in [1.165, 1.54) is 25.0 Å². The number of carbonyl (C=O) groups is 3. The number of nitrogens with one attached hydrogen (secondary N) is 3. The molecule has 54 heavy (non-hydrogen) atoms. The number of benzene rings is 1. The predicted molar refractivity (Wildman–Crippen MR) is 190 cm³/mol. The van der Waals surface area contributed by atoms with Crippen molar-refractivity contribution < 1.29 is 46.4 Å². The van der Waals surface area contributed by atoms with E-state index in [9.17, 15) is 37.2 Å². The number of halogens is 3. The molecule has 292 valence electrons. The van der Waals surface area contributed by atoms with E-state index in [0.717, 1.165) is 0 Å². The number of rotatable bonds is 23. The van der Waals surface area contributed by atoms with Crippen molar-refractivity contribution in [1.29, 1.82) is 0 Å². The zero-order valence-corrected chi connectivity index (χ0v) is 29.8. The molecule has 18 nitrogen and oxygen atoms in total. The van der Waals surface area contributed by atoms with Gasteiger partial charge in [0.05, 0.1) is 84.1 Å². The van der Waals surface area contributed by atoms with Crippen LogP contribution in [0.3, 0.4) is 0 Å². The molecule has 0 aliphatic carbocycles. The lowest BCUT2D eigenvalue weighted by Crippen LogP contribution is -2.48. The lowest BCUT2D eigenvalue weighted by atomic mass is 9.90. The SMILES string of the molecule is C[N+](C)(Cc1cn(CCOCCOCCNC(=O)CCC(CC(=O)c2ccc(NCc3cnc4nc(N)[nH]c(=O)c4n3)cc2)C(=O)O)nn1)C[B-](F)(F)F. The quantitative estimate of drug-likeness (QED) is 0.0311. The highest BCUT2D eigenvalue weighted by Crippen LogP contribution is 2.19. The van der Waals surface area contributed by atoms with Crippen LogP contribution in [0.1, 0.15) is 41.0 Å². The van der Waals surface area contributed by atoms with Gasteiger partial charge < -0.3 is 48.4 Å². The van der Waals surface area contributed by atoms with Crippen molar-refractivity contribution in [3.63, 3.8) is 0 Å². The molecule has 22 heteroatoms. The van der Waals surface area contributed by atoms with Gasteiger partial charge in [0.1, 0.15) is 12.2 Å². The zero-order chi connectivity index (χ0) is 39.3. The molecule has 3 heterocycles. The number of carboxylic acids is 1. The van der Waals surface area contributed by atoms with Crippen LogP contribution in [0, 0.1) is 5.92 Å². The summed E-state index contributed by atoms with van der Waals surface area (Å²) < 4.78 is 50.6. The fourth-order valence-corrected chi connectivity index (χ4v) is 5.40. The van der Waals surface area contributed by atoms with Gasteiger partial charge in [-0.1, -0.05) is 5.21 Å². The highest BCUT2D eigenvalue weighted by molar-refractivity contribution is 6.58. The van der Waals surface area contributed by atoms with Crippen molar-refractivity contribution in [3.05, 3.63) is 64.0 Å². The van der Waals surface area contributed by atoms with E-state index in [0.29, 0.717) is 29.2 Å². The Labute approximate surface area is 307 Å². The predicted octanol–water partition coefficient (Wildman–Crippen LogP) is 1.37. The minimum atomic E-state index is -4.92. The minimum absolute atomic E-state index is 0.0304. The third-order valence-corrected chi connectivity index (χ3v) is 7.95. The van der Waals surface area contributed by atoms with Crippen molar-refractivity contribution in [3.8, 4) is 0 Å². The third kappa shape index (κ3) is 13.8. The summed E-state index contributed by atoms with van der Waals surface area (Å²) in [6.07, 6.45) is 1.73. The number of amides is 1. The van der Waals surface area contributed by atoms with Crippen LogP contribution in [-0.4, -0.2) is 123 Å². The number of hydrogen-bond donors (Lipinski definition) is 5. The number of ether oxygens (including phenoxy) is 2. The first-order valence-electron chi connectivity index (χ1n) is 17.0. The van der Waals surface area contributed by atoms with Crippen LogP contribution < -0.4 is 21.9 Å². The second kappa shape index (κ2) is 19.0. The average Bonchev–Trinajstić information content (AvgIpc) is 3.53. The van der Waals surface area contributed by atoms with Gasteiger partial charge >= 0.3 is 12.9 Å². The molecule has 0 aliphatic heterocycles. The molecule has 6 N–H and O–H groups in total. The van der Waals surface area contributed by atoms with Gasteiger partial charge in [0.15, 0.2) is 16.9 Å². The Balaban J connectivity index is 1.07. The second-order valence-electron chi connectivity index (χ2n) is 13.2.